The van der Waals surface area contributed by atoms with Crippen molar-refractivity contribution in [1.29, 1.82) is 0 Å². The average molecular weight is 627 g/mol. The largest absolute Gasteiger partial charge is 0.464 e. The molecule has 18 heteroatoms. The molecule has 2 unspecified atom stereocenters. The van der Waals surface area contributed by atoms with Crippen LogP contribution in [-0.2, 0) is 32.8 Å². The molecule has 0 aromatic rings. The van der Waals surface area contributed by atoms with E-state index in [1.165, 1.54) is 13.3 Å². The van der Waals surface area contributed by atoms with Crippen LogP contribution in [0.3, 0.4) is 0 Å². The molecular weight excluding hydrogens is 584 g/mol. The lowest BCUT2D eigenvalue weighted by Crippen LogP contribution is -2.46. The van der Waals surface area contributed by atoms with Gasteiger partial charge in [0.25, 0.3) is 0 Å². The maximum atomic E-state index is 12.6. The number of hydrogen-bond donors (Lipinski definition) is 6. The average Bonchev–Trinajstić information content (AvgIpc) is 2.68. The Balaban J connectivity index is -0.000000390. The monoisotopic (exact) mass is 626 g/mol. The Morgan fingerprint density at radius 2 is 1.06 bits per heavy atom. The fourth-order valence-electron chi connectivity index (χ4n) is 1.80. The smallest absolute Gasteiger partial charge is 0.325 e. The first kappa shape index (κ1) is 43.0. The summed E-state index contributed by atoms with van der Waals surface area (Å²) in [6.07, 6.45) is 3.05. The summed E-state index contributed by atoms with van der Waals surface area (Å²) in [4.78, 5) is 39.0. The zero-order chi connectivity index (χ0) is 28.3. The van der Waals surface area contributed by atoms with Crippen LogP contribution >= 0.6 is 43.4 Å². The van der Waals surface area contributed by atoms with E-state index in [0.717, 1.165) is 19.5 Å². The van der Waals surface area contributed by atoms with Crippen LogP contribution in [-0.4, -0.2) is 90.4 Å². The third kappa shape index (κ3) is 36.1. The highest BCUT2D eigenvalue weighted by Gasteiger charge is 2.31. The fraction of sp³-hybridized carbons (Fsp3) is 0.889. The van der Waals surface area contributed by atoms with Gasteiger partial charge >= 0.3 is 19.5 Å². The summed E-state index contributed by atoms with van der Waals surface area (Å²) >= 11 is 9.70. The summed E-state index contributed by atoms with van der Waals surface area (Å²) in [5.74, 6) is -4.16. The molecule has 0 saturated heterocycles. The van der Waals surface area contributed by atoms with Gasteiger partial charge in [-0.3, -0.25) is 23.3 Å². The molecule has 36 heavy (non-hydrogen) atoms. The second-order valence-corrected chi connectivity index (χ2v) is 17.1. The molecule has 220 valence electrons. The van der Waals surface area contributed by atoms with Gasteiger partial charge in [0.15, 0.2) is 0 Å². The minimum Gasteiger partial charge on any atom is -0.464 e. The number of unbranched alkanes of at least 4 members (excludes halogenated alkanes) is 2. The molecule has 0 aliphatic carbocycles. The van der Waals surface area contributed by atoms with E-state index in [0.29, 0.717) is 12.8 Å². The molecule has 0 radical (unpaired) electrons. The molecule has 0 aromatic carbocycles. The maximum absolute atomic E-state index is 12.6. The molecule has 6 N–H and O–H groups in total. The summed E-state index contributed by atoms with van der Waals surface area (Å²) in [5, 5.41) is 23.5. The summed E-state index contributed by atoms with van der Waals surface area (Å²) in [7, 11) is -7.08. The van der Waals surface area contributed by atoms with Crippen molar-refractivity contribution >= 4 is 55.3 Å². The second-order valence-electron chi connectivity index (χ2n) is 7.25. The summed E-state index contributed by atoms with van der Waals surface area (Å²) < 4.78 is 41.6. The van der Waals surface area contributed by atoms with Crippen LogP contribution in [0.25, 0.3) is 0 Å². The Morgan fingerprint density at radius 3 is 1.25 bits per heavy atom. The molecule has 0 saturated carbocycles. The molecule has 0 aromatic heterocycles. The van der Waals surface area contributed by atoms with E-state index in [-0.39, 0.29) is 20.6 Å². The van der Waals surface area contributed by atoms with E-state index in [4.69, 9.17) is 41.7 Å². The first-order valence-corrected chi connectivity index (χ1v) is 18.7. The number of ether oxygens (including phenoxy) is 2. The highest BCUT2D eigenvalue weighted by Crippen LogP contribution is 2.52. The van der Waals surface area contributed by atoms with E-state index in [2.05, 4.69) is 10.2 Å². The maximum Gasteiger partial charge on any atom is 0.325 e. The van der Waals surface area contributed by atoms with Crippen molar-refractivity contribution in [1.82, 2.24) is 10.2 Å². The van der Waals surface area contributed by atoms with Gasteiger partial charge in [-0.25, -0.2) is 10.2 Å². The summed E-state index contributed by atoms with van der Waals surface area (Å²) in [5.41, 5.74) is 0. The van der Waals surface area contributed by atoms with Gasteiger partial charge in [-0.2, -0.15) is 0 Å². The number of aliphatic hydroxyl groups excluding tert-OH is 2. The lowest BCUT2D eigenvalue weighted by molar-refractivity contribution is -0.147. The molecular formula is C18H43Cl2N2O11P3. The van der Waals surface area contributed by atoms with E-state index >= 15 is 0 Å². The van der Waals surface area contributed by atoms with Crippen molar-refractivity contribution in [2.75, 3.05) is 46.4 Å². The van der Waals surface area contributed by atoms with Crippen molar-refractivity contribution in [2.45, 2.75) is 59.0 Å². The van der Waals surface area contributed by atoms with Crippen LogP contribution in [0.5, 0.6) is 0 Å². The molecule has 0 heterocycles. The Morgan fingerprint density at radius 1 is 0.806 bits per heavy atom. The van der Waals surface area contributed by atoms with E-state index in [9.17, 15) is 33.5 Å². The Labute approximate surface area is 223 Å². The fourth-order valence-corrected chi connectivity index (χ4v) is 3.44. The molecule has 0 amide bonds. The zero-order valence-corrected chi connectivity index (χ0v) is 24.8. The number of carbonyl (C=O) groups is 2. The molecule has 0 fully saturated rings. The third-order valence-corrected chi connectivity index (χ3v) is 4.83. The van der Waals surface area contributed by atoms with E-state index in [1.807, 2.05) is 13.8 Å². The predicted molar refractivity (Wildman–Crippen MR) is 143 cm³/mol. The predicted octanol–water partition coefficient (Wildman–Crippen LogP) is 3.11. The van der Waals surface area contributed by atoms with Crippen LogP contribution < -0.4 is 10.2 Å². The van der Waals surface area contributed by atoms with Crippen molar-refractivity contribution in [3.8, 4) is 0 Å². The standard InChI is InChI=1S/C15H31N2O7P.CH3Cl2OP.CH5O3P.CH4/c1-4-6-8-23-14(20)12(10-18)16-25(3,22)17-13(11-19)15(21)24-9-7-5-2;2*1-5(2,3)4;/h12-13,18-19H,4-11H2,1-3H3,(H2,16,17,22);1H3;1H3,(H2,2,3,4);1H4. The van der Waals surface area contributed by atoms with Crippen molar-refractivity contribution in [3.05, 3.63) is 0 Å². The number of esters is 2. The van der Waals surface area contributed by atoms with Gasteiger partial charge in [0, 0.05) is 20.0 Å². The lowest BCUT2D eigenvalue weighted by atomic mass is 10.3. The SMILES string of the molecule is C.CCCCOC(=O)C(CO)NP(C)(=O)NC(CO)C(=O)OCCCC.CP(=O)(Cl)Cl.CP(=O)(O)O. The van der Waals surface area contributed by atoms with E-state index < -0.39 is 58.1 Å². The van der Waals surface area contributed by atoms with Gasteiger partial charge in [-0.15, -0.1) is 0 Å². The molecule has 0 rings (SSSR count). The van der Waals surface area contributed by atoms with Gasteiger partial charge in [0.05, 0.1) is 26.4 Å². The van der Waals surface area contributed by atoms with Gasteiger partial charge in [-0.1, -0.05) is 34.1 Å². The zero-order valence-electron chi connectivity index (χ0n) is 20.6. The van der Waals surface area contributed by atoms with Gasteiger partial charge in [0.2, 0.25) is 13.3 Å². The summed E-state index contributed by atoms with van der Waals surface area (Å²) in [6, 6.07) is -2.40. The minimum absolute atomic E-state index is 0. The van der Waals surface area contributed by atoms with Crippen LogP contribution in [0.2, 0.25) is 0 Å². The van der Waals surface area contributed by atoms with Gasteiger partial charge in [-0.05, 0) is 35.3 Å². The van der Waals surface area contributed by atoms with Crippen LogP contribution in [0, 0.1) is 0 Å². The highest BCUT2D eigenvalue weighted by atomic mass is 35.9. The quantitative estimate of drug-likeness (QED) is 0.0931. The Bertz CT molecular complexity index is 663. The summed E-state index contributed by atoms with van der Waals surface area (Å²) in [6.45, 7) is 6.43. The lowest BCUT2D eigenvalue weighted by Gasteiger charge is -2.25. The molecule has 0 bridgehead atoms. The van der Waals surface area contributed by atoms with Crippen molar-refractivity contribution < 1.29 is 52.8 Å². The number of hydrogen-bond acceptors (Lipinski definition) is 9. The van der Waals surface area contributed by atoms with Crippen molar-refractivity contribution in [2.24, 2.45) is 0 Å². The van der Waals surface area contributed by atoms with Gasteiger partial charge < -0.3 is 29.5 Å². The number of halogens is 2. The van der Waals surface area contributed by atoms with E-state index in [1.54, 1.807) is 0 Å². The Hall–Kier alpha value is -0.0300. The highest BCUT2D eigenvalue weighted by molar-refractivity contribution is 8.08. The topological polar surface area (TPSA) is 209 Å². The Kier molecular flexibility index (Phi) is 27.4. The van der Waals surface area contributed by atoms with Crippen LogP contribution in [0.15, 0.2) is 0 Å². The second kappa shape index (κ2) is 22.9. The molecule has 2 atom stereocenters. The number of carbonyl (C=O) groups excluding carboxylic acids is 2. The number of rotatable bonds is 14. The van der Waals surface area contributed by atoms with Gasteiger partial charge in [0.1, 0.15) is 12.1 Å². The first-order valence-electron chi connectivity index (χ1n) is 10.5. The molecule has 13 nitrogen and oxygen atoms in total. The number of nitrogens with one attached hydrogen (secondary N) is 2. The molecule has 0 aliphatic heterocycles. The first-order chi connectivity index (χ1) is 15.8. The van der Waals surface area contributed by atoms with Crippen LogP contribution in [0.4, 0.5) is 0 Å². The molecule has 0 spiro atoms. The van der Waals surface area contributed by atoms with Crippen LogP contribution in [0.1, 0.15) is 47.0 Å². The van der Waals surface area contributed by atoms with Crippen molar-refractivity contribution in [3.63, 3.8) is 0 Å². The normalized spacial score (nSPS) is 14.3. The third-order valence-electron chi connectivity index (χ3n) is 3.22. The number of aliphatic hydroxyl groups is 2. The molecule has 0 aliphatic rings. The minimum atomic E-state index is -3.64.